The molecule has 1 rings (SSSR count). The van der Waals surface area contributed by atoms with E-state index in [9.17, 15) is 5.11 Å². The number of hydrogen-bond acceptors (Lipinski definition) is 2. The van der Waals surface area contributed by atoms with Gasteiger partial charge in [-0.25, -0.2) is 0 Å². The number of phenols is 1. The first-order chi connectivity index (χ1) is 7.49. The highest BCUT2D eigenvalue weighted by atomic mass is 16.3. The largest absolute Gasteiger partial charge is 0.508 e. The second-order valence-electron chi connectivity index (χ2n) is 5.05. The number of aryl methyl sites for hydroxylation is 1. The van der Waals surface area contributed by atoms with Gasteiger partial charge in [-0.3, -0.25) is 0 Å². The van der Waals surface area contributed by atoms with Crippen molar-refractivity contribution in [2.24, 2.45) is 5.92 Å². The molecule has 1 N–H and O–H groups in total. The molecular formula is C14H23NO. The summed E-state index contributed by atoms with van der Waals surface area (Å²) in [6.45, 7) is 8.41. The topological polar surface area (TPSA) is 23.5 Å². The van der Waals surface area contributed by atoms with E-state index in [-0.39, 0.29) is 0 Å². The minimum Gasteiger partial charge on any atom is -0.508 e. The van der Waals surface area contributed by atoms with Crippen LogP contribution in [0.4, 0.5) is 0 Å². The zero-order valence-corrected chi connectivity index (χ0v) is 10.8. The summed E-state index contributed by atoms with van der Waals surface area (Å²) in [5, 5.41) is 9.73. The Morgan fingerprint density at radius 3 is 2.62 bits per heavy atom. The molecule has 0 unspecified atom stereocenters. The zero-order chi connectivity index (χ0) is 12.1. The summed E-state index contributed by atoms with van der Waals surface area (Å²) < 4.78 is 0. The molecule has 0 heterocycles. The average molecular weight is 221 g/mol. The molecule has 2 heteroatoms. The van der Waals surface area contributed by atoms with Crippen molar-refractivity contribution >= 4 is 0 Å². The quantitative estimate of drug-likeness (QED) is 0.825. The van der Waals surface area contributed by atoms with Gasteiger partial charge in [0.05, 0.1) is 0 Å². The van der Waals surface area contributed by atoms with Crippen molar-refractivity contribution < 1.29 is 5.11 Å². The molecule has 16 heavy (non-hydrogen) atoms. The van der Waals surface area contributed by atoms with E-state index in [1.165, 1.54) is 12.0 Å². The fourth-order valence-electron chi connectivity index (χ4n) is 1.69. The fourth-order valence-corrected chi connectivity index (χ4v) is 1.69. The first kappa shape index (κ1) is 13.0. The highest BCUT2D eigenvalue weighted by Gasteiger charge is 2.06. The molecule has 0 aliphatic rings. The van der Waals surface area contributed by atoms with Gasteiger partial charge < -0.3 is 10.0 Å². The van der Waals surface area contributed by atoms with Crippen LogP contribution in [0.25, 0.3) is 0 Å². The fraction of sp³-hybridized carbons (Fsp3) is 0.571. The van der Waals surface area contributed by atoms with E-state index in [4.69, 9.17) is 0 Å². The third-order valence-electron chi connectivity index (χ3n) is 2.76. The molecule has 0 bridgehead atoms. The van der Waals surface area contributed by atoms with Crippen LogP contribution in [-0.4, -0.2) is 23.6 Å². The second-order valence-corrected chi connectivity index (χ2v) is 5.05. The summed E-state index contributed by atoms with van der Waals surface area (Å²) in [7, 11) is 2.10. The van der Waals surface area contributed by atoms with Crippen molar-refractivity contribution in [3.8, 4) is 5.75 Å². The molecule has 0 saturated carbocycles. The lowest BCUT2D eigenvalue weighted by atomic mass is 10.1. The van der Waals surface area contributed by atoms with E-state index in [2.05, 4.69) is 38.8 Å². The van der Waals surface area contributed by atoms with Crippen molar-refractivity contribution in [3.05, 3.63) is 29.3 Å². The minimum atomic E-state index is 0.405. The Morgan fingerprint density at radius 2 is 2.00 bits per heavy atom. The first-order valence-corrected chi connectivity index (χ1v) is 5.96. The molecule has 90 valence electrons. The Kier molecular flexibility index (Phi) is 4.81. The van der Waals surface area contributed by atoms with Gasteiger partial charge in [0, 0.05) is 12.1 Å². The molecule has 0 aliphatic heterocycles. The summed E-state index contributed by atoms with van der Waals surface area (Å²) in [6, 6.07) is 5.77. The summed E-state index contributed by atoms with van der Waals surface area (Å²) in [6.07, 6.45) is 1.20. The van der Waals surface area contributed by atoms with Crippen LogP contribution in [0.2, 0.25) is 0 Å². The number of hydrogen-bond donors (Lipinski definition) is 1. The molecule has 0 fully saturated rings. The lowest BCUT2D eigenvalue weighted by Gasteiger charge is -2.18. The van der Waals surface area contributed by atoms with Gasteiger partial charge >= 0.3 is 0 Å². The van der Waals surface area contributed by atoms with E-state index < -0.39 is 0 Å². The maximum atomic E-state index is 9.73. The van der Waals surface area contributed by atoms with Gasteiger partial charge in [-0.05, 0) is 38.9 Å². The smallest absolute Gasteiger partial charge is 0.120 e. The van der Waals surface area contributed by atoms with Gasteiger partial charge in [-0.15, -0.1) is 0 Å². The van der Waals surface area contributed by atoms with Gasteiger partial charge in [0.15, 0.2) is 0 Å². The third kappa shape index (κ3) is 4.23. The first-order valence-electron chi connectivity index (χ1n) is 5.96. The lowest BCUT2D eigenvalue weighted by Crippen LogP contribution is -2.20. The van der Waals surface area contributed by atoms with Gasteiger partial charge in [-0.2, -0.15) is 0 Å². The minimum absolute atomic E-state index is 0.405. The Balaban J connectivity index is 2.55. The molecule has 0 atom stereocenters. The van der Waals surface area contributed by atoms with Crippen molar-refractivity contribution in [2.75, 3.05) is 13.6 Å². The molecule has 0 aromatic heterocycles. The molecule has 1 aromatic carbocycles. The molecular weight excluding hydrogens is 198 g/mol. The Labute approximate surface area is 98.9 Å². The van der Waals surface area contributed by atoms with Crippen LogP contribution in [0.3, 0.4) is 0 Å². The molecule has 0 radical (unpaired) electrons. The van der Waals surface area contributed by atoms with Crippen LogP contribution in [0.5, 0.6) is 5.75 Å². The van der Waals surface area contributed by atoms with Crippen LogP contribution in [-0.2, 0) is 6.54 Å². The van der Waals surface area contributed by atoms with E-state index in [1.807, 2.05) is 6.07 Å². The Hall–Kier alpha value is -1.02. The number of benzene rings is 1. The van der Waals surface area contributed by atoms with Gasteiger partial charge in [-0.1, -0.05) is 31.5 Å². The predicted octanol–water partition coefficient (Wildman–Crippen LogP) is 3.18. The van der Waals surface area contributed by atoms with E-state index >= 15 is 0 Å². The summed E-state index contributed by atoms with van der Waals surface area (Å²) in [5.74, 6) is 1.13. The number of nitrogens with zero attached hydrogens (tertiary/aromatic N) is 1. The van der Waals surface area contributed by atoms with Gasteiger partial charge in [0.25, 0.3) is 0 Å². The van der Waals surface area contributed by atoms with Crippen molar-refractivity contribution in [2.45, 2.75) is 33.7 Å². The monoisotopic (exact) mass is 221 g/mol. The van der Waals surface area contributed by atoms with Crippen LogP contribution < -0.4 is 0 Å². The normalized spacial score (nSPS) is 11.4. The van der Waals surface area contributed by atoms with E-state index in [0.29, 0.717) is 5.75 Å². The van der Waals surface area contributed by atoms with Crippen molar-refractivity contribution in [3.63, 3.8) is 0 Å². The summed E-state index contributed by atoms with van der Waals surface area (Å²) >= 11 is 0. The van der Waals surface area contributed by atoms with Crippen molar-refractivity contribution in [1.82, 2.24) is 4.90 Å². The number of phenolic OH excluding ortho intramolecular Hbond substituents is 1. The average Bonchev–Trinajstić information content (AvgIpc) is 2.20. The highest BCUT2D eigenvalue weighted by molar-refractivity contribution is 5.35. The van der Waals surface area contributed by atoms with Gasteiger partial charge in [0.2, 0.25) is 0 Å². The third-order valence-corrected chi connectivity index (χ3v) is 2.76. The van der Waals surface area contributed by atoms with Crippen LogP contribution in [0.1, 0.15) is 31.4 Å². The molecule has 0 saturated heterocycles. The SMILES string of the molecule is Cc1ccc(O)c(CN(C)CCC(C)C)c1. The van der Waals surface area contributed by atoms with E-state index in [0.717, 1.165) is 24.6 Å². The molecule has 0 amide bonds. The Morgan fingerprint density at radius 1 is 1.31 bits per heavy atom. The number of aromatic hydroxyl groups is 1. The maximum absolute atomic E-state index is 9.73. The highest BCUT2D eigenvalue weighted by Crippen LogP contribution is 2.19. The number of rotatable bonds is 5. The summed E-state index contributed by atoms with van der Waals surface area (Å²) in [5.41, 5.74) is 2.22. The lowest BCUT2D eigenvalue weighted by molar-refractivity contribution is 0.298. The van der Waals surface area contributed by atoms with Gasteiger partial charge in [0.1, 0.15) is 5.75 Å². The van der Waals surface area contributed by atoms with Crippen LogP contribution >= 0.6 is 0 Å². The molecule has 0 aliphatic carbocycles. The Bertz CT molecular complexity index is 334. The van der Waals surface area contributed by atoms with Crippen LogP contribution in [0.15, 0.2) is 18.2 Å². The van der Waals surface area contributed by atoms with Crippen molar-refractivity contribution in [1.29, 1.82) is 0 Å². The van der Waals surface area contributed by atoms with E-state index in [1.54, 1.807) is 6.07 Å². The predicted molar refractivity (Wildman–Crippen MR) is 68.6 cm³/mol. The second kappa shape index (κ2) is 5.90. The molecule has 2 nitrogen and oxygen atoms in total. The standard InChI is InChI=1S/C14H23NO/c1-11(2)7-8-15(4)10-13-9-12(3)5-6-14(13)16/h5-6,9,11,16H,7-8,10H2,1-4H3. The maximum Gasteiger partial charge on any atom is 0.120 e. The molecule has 1 aromatic rings. The molecule has 0 spiro atoms. The zero-order valence-electron chi connectivity index (χ0n) is 10.8. The van der Waals surface area contributed by atoms with Crippen LogP contribution in [0, 0.1) is 12.8 Å². The summed E-state index contributed by atoms with van der Waals surface area (Å²) in [4.78, 5) is 2.26.